The zero-order valence-corrected chi connectivity index (χ0v) is 16.5. The molecule has 0 saturated carbocycles. The molecule has 1 aliphatic heterocycles. The number of fused-ring (bicyclic) bond motifs is 3. The highest BCUT2D eigenvalue weighted by Gasteiger charge is 2.24. The fourth-order valence-corrected chi connectivity index (χ4v) is 4.10. The maximum Gasteiger partial charge on any atom is 0.307 e. The lowest BCUT2D eigenvalue weighted by Gasteiger charge is -2.28. The van der Waals surface area contributed by atoms with Crippen molar-refractivity contribution in [3.8, 4) is 0 Å². The number of nitrogens with zero attached hydrogens (tertiary/aromatic N) is 2. The summed E-state index contributed by atoms with van der Waals surface area (Å²) in [5.74, 6) is -0.710. The van der Waals surface area contributed by atoms with Gasteiger partial charge in [0.15, 0.2) is 0 Å². The maximum atomic E-state index is 14.0. The van der Waals surface area contributed by atoms with Gasteiger partial charge in [-0.1, -0.05) is 12.1 Å². The smallest absolute Gasteiger partial charge is 0.307 e. The molecule has 1 aliphatic rings. The molecule has 0 fully saturated rings. The number of esters is 1. The van der Waals surface area contributed by atoms with Crippen molar-refractivity contribution in [3.63, 3.8) is 0 Å². The van der Waals surface area contributed by atoms with Crippen LogP contribution < -0.4 is 0 Å². The van der Waals surface area contributed by atoms with Crippen LogP contribution in [0.4, 0.5) is 8.78 Å². The van der Waals surface area contributed by atoms with Crippen molar-refractivity contribution in [3.05, 3.63) is 70.9 Å². The number of rotatable bonds is 6. The lowest BCUT2D eigenvalue weighted by Crippen LogP contribution is -2.33. The molecule has 29 heavy (non-hydrogen) atoms. The molecular weight excluding hydrogens is 374 g/mol. The van der Waals surface area contributed by atoms with Crippen molar-refractivity contribution in [2.75, 3.05) is 19.7 Å². The van der Waals surface area contributed by atoms with E-state index in [0.29, 0.717) is 32.7 Å². The Bertz CT molecular complexity index is 1030. The summed E-state index contributed by atoms with van der Waals surface area (Å²) in [6.45, 7) is 4.92. The number of hydrogen-bond acceptors (Lipinski definition) is 3. The predicted octanol–water partition coefficient (Wildman–Crippen LogP) is 4.28. The molecule has 3 aromatic rings. The SMILES string of the molecule is CCOC(=O)CCN1CCc2c(c3cc(F)ccc3n2Cc2ccc(F)cc2)C1. The van der Waals surface area contributed by atoms with Gasteiger partial charge in [-0.15, -0.1) is 0 Å². The van der Waals surface area contributed by atoms with Crippen molar-refractivity contribution in [2.24, 2.45) is 0 Å². The predicted molar refractivity (Wildman–Crippen MR) is 108 cm³/mol. The molecule has 152 valence electrons. The van der Waals surface area contributed by atoms with E-state index in [4.69, 9.17) is 4.74 Å². The van der Waals surface area contributed by atoms with E-state index in [1.807, 2.05) is 6.07 Å². The number of carbonyl (C=O) groups is 1. The molecule has 2 heterocycles. The molecule has 2 aromatic carbocycles. The van der Waals surface area contributed by atoms with Crippen LogP contribution in [0.2, 0.25) is 0 Å². The van der Waals surface area contributed by atoms with Gasteiger partial charge >= 0.3 is 5.97 Å². The molecule has 0 saturated heterocycles. The lowest BCUT2D eigenvalue weighted by atomic mass is 10.0. The Balaban J connectivity index is 1.63. The number of carbonyl (C=O) groups excluding carboxylic acids is 1. The quantitative estimate of drug-likeness (QED) is 0.582. The topological polar surface area (TPSA) is 34.5 Å². The first kappa shape index (κ1) is 19.6. The Hall–Kier alpha value is -2.73. The van der Waals surface area contributed by atoms with E-state index < -0.39 is 0 Å². The summed E-state index contributed by atoms with van der Waals surface area (Å²) in [5, 5.41) is 0.906. The van der Waals surface area contributed by atoms with Crippen LogP contribution >= 0.6 is 0 Å². The maximum absolute atomic E-state index is 14.0. The van der Waals surface area contributed by atoms with Gasteiger partial charge in [0.25, 0.3) is 0 Å². The highest BCUT2D eigenvalue weighted by atomic mass is 19.1. The van der Waals surface area contributed by atoms with Crippen LogP contribution in [0.25, 0.3) is 10.9 Å². The molecule has 0 atom stereocenters. The van der Waals surface area contributed by atoms with Crippen molar-refractivity contribution < 1.29 is 18.3 Å². The minimum Gasteiger partial charge on any atom is -0.466 e. The first-order valence-electron chi connectivity index (χ1n) is 9.97. The second-order valence-electron chi connectivity index (χ2n) is 7.38. The Morgan fingerprint density at radius 1 is 1.10 bits per heavy atom. The third-order valence-electron chi connectivity index (χ3n) is 5.49. The standard InChI is InChI=1S/C23H24F2N2O2/c1-2-29-23(28)10-12-26-11-9-22-20(15-26)19-13-18(25)7-8-21(19)27(22)14-16-3-5-17(24)6-4-16/h3-8,13H,2,9-12,14-15H2,1H3. The molecular formula is C23H24F2N2O2. The van der Waals surface area contributed by atoms with E-state index >= 15 is 0 Å². The number of ether oxygens (including phenoxy) is 1. The minimum absolute atomic E-state index is 0.192. The van der Waals surface area contributed by atoms with Crippen LogP contribution in [0.15, 0.2) is 42.5 Å². The molecule has 0 unspecified atom stereocenters. The van der Waals surface area contributed by atoms with Crippen molar-refractivity contribution in [1.29, 1.82) is 0 Å². The second kappa shape index (κ2) is 8.33. The summed E-state index contributed by atoms with van der Waals surface area (Å²) in [5.41, 5.74) is 4.27. The Kier molecular flexibility index (Phi) is 5.62. The molecule has 0 spiro atoms. The van der Waals surface area contributed by atoms with Crippen LogP contribution in [-0.4, -0.2) is 35.1 Å². The molecule has 4 rings (SSSR count). The molecule has 0 radical (unpaired) electrons. The molecule has 4 nitrogen and oxygen atoms in total. The Labute approximate surface area is 168 Å². The first-order valence-corrected chi connectivity index (χ1v) is 9.97. The number of benzene rings is 2. The van der Waals surface area contributed by atoms with E-state index in [1.54, 1.807) is 25.1 Å². The van der Waals surface area contributed by atoms with Gasteiger partial charge in [0.1, 0.15) is 11.6 Å². The summed E-state index contributed by atoms with van der Waals surface area (Å²) in [4.78, 5) is 13.9. The molecule has 0 N–H and O–H groups in total. The summed E-state index contributed by atoms with van der Waals surface area (Å²) >= 11 is 0. The molecule has 6 heteroatoms. The Morgan fingerprint density at radius 2 is 1.86 bits per heavy atom. The zero-order chi connectivity index (χ0) is 20.4. The fourth-order valence-electron chi connectivity index (χ4n) is 4.10. The van der Waals surface area contributed by atoms with Crippen molar-refractivity contribution >= 4 is 16.9 Å². The van der Waals surface area contributed by atoms with Crippen LogP contribution in [0.1, 0.15) is 30.2 Å². The van der Waals surface area contributed by atoms with E-state index in [-0.39, 0.29) is 17.6 Å². The summed E-state index contributed by atoms with van der Waals surface area (Å²) in [6, 6.07) is 11.4. The monoisotopic (exact) mass is 398 g/mol. The minimum atomic E-state index is -0.261. The van der Waals surface area contributed by atoms with Gasteiger partial charge in [0, 0.05) is 49.2 Å². The second-order valence-corrected chi connectivity index (χ2v) is 7.38. The van der Waals surface area contributed by atoms with Gasteiger partial charge in [-0.2, -0.15) is 0 Å². The van der Waals surface area contributed by atoms with Crippen LogP contribution in [-0.2, 0) is 29.0 Å². The summed E-state index contributed by atoms with van der Waals surface area (Å²) < 4.78 is 34.5. The van der Waals surface area contributed by atoms with Gasteiger partial charge in [-0.25, -0.2) is 8.78 Å². The van der Waals surface area contributed by atoms with E-state index in [1.165, 1.54) is 23.9 Å². The van der Waals surface area contributed by atoms with Gasteiger partial charge < -0.3 is 9.30 Å². The van der Waals surface area contributed by atoms with Crippen LogP contribution in [0, 0.1) is 11.6 Å². The van der Waals surface area contributed by atoms with E-state index in [9.17, 15) is 13.6 Å². The number of halogens is 2. The summed E-state index contributed by atoms with van der Waals surface area (Å²) in [6.07, 6.45) is 1.17. The normalized spacial score (nSPS) is 14.2. The Morgan fingerprint density at radius 3 is 2.62 bits per heavy atom. The molecule has 1 aromatic heterocycles. The van der Waals surface area contributed by atoms with E-state index in [2.05, 4.69) is 9.47 Å². The molecule has 0 amide bonds. The van der Waals surface area contributed by atoms with Crippen LogP contribution in [0.3, 0.4) is 0 Å². The van der Waals surface area contributed by atoms with Gasteiger partial charge in [0.2, 0.25) is 0 Å². The van der Waals surface area contributed by atoms with Crippen LogP contribution in [0.5, 0.6) is 0 Å². The number of aromatic nitrogens is 1. The van der Waals surface area contributed by atoms with Gasteiger partial charge in [-0.05, 0) is 48.4 Å². The zero-order valence-electron chi connectivity index (χ0n) is 16.5. The highest BCUT2D eigenvalue weighted by Crippen LogP contribution is 2.32. The third kappa shape index (κ3) is 4.17. The third-order valence-corrected chi connectivity index (χ3v) is 5.49. The molecule has 0 aliphatic carbocycles. The first-order chi connectivity index (χ1) is 14.0. The average Bonchev–Trinajstić information content (AvgIpc) is 3.01. The fraction of sp³-hybridized carbons (Fsp3) is 0.348. The largest absolute Gasteiger partial charge is 0.466 e. The highest BCUT2D eigenvalue weighted by molar-refractivity contribution is 5.86. The van der Waals surface area contributed by atoms with Crippen molar-refractivity contribution in [1.82, 2.24) is 9.47 Å². The lowest BCUT2D eigenvalue weighted by molar-refractivity contribution is -0.143. The van der Waals surface area contributed by atoms with E-state index in [0.717, 1.165) is 35.0 Å². The molecule has 0 bridgehead atoms. The summed E-state index contributed by atoms with van der Waals surface area (Å²) in [7, 11) is 0. The van der Waals surface area contributed by atoms with Gasteiger partial charge in [0.05, 0.1) is 13.0 Å². The average molecular weight is 398 g/mol. The number of hydrogen-bond donors (Lipinski definition) is 0. The van der Waals surface area contributed by atoms with Crippen molar-refractivity contribution in [2.45, 2.75) is 32.9 Å². The van der Waals surface area contributed by atoms with Gasteiger partial charge in [-0.3, -0.25) is 9.69 Å².